The lowest BCUT2D eigenvalue weighted by molar-refractivity contribution is -0.595. The molecule has 0 aliphatic carbocycles. The van der Waals surface area contributed by atoms with Gasteiger partial charge in [0, 0.05) is 67.3 Å². The van der Waals surface area contributed by atoms with Crippen molar-refractivity contribution in [2.75, 3.05) is 76.4 Å². The second-order valence-corrected chi connectivity index (χ2v) is 29.5. The summed E-state index contributed by atoms with van der Waals surface area (Å²) >= 11 is 12.8. The van der Waals surface area contributed by atoms with Crippen LogP contribution in [-0.4, -0.2) is 326 Å². The van der Waals surface area contributed by atoms with Crippen molar-refractivity contribution in [1.29, 1.82) is 0 Å². The first-order chi connectivity index (χ1) is 49.3. The third-order valence-electron chi connectivity index (χ3n) is 22.0. The molecule has 0 amide bonds. The van der Waals surface area contributed by atoms with E-state index < -0.39 is 230 Å². The number of methoxy groups -OCH3 is 7. The van der Waals surface area contributed by atoms with Crippen LogP contribution in [0.1, 0.15) is 97.0 Å². The largest absolute Gasteiger partial charge is 0.505 e. The Labute approximate surface area is 610 Å². The van der Waals surface area contributed by atoms with Crippen molar-refractivity contribution in [3.05, 3.63) is 31.3 Å². The van der Waals surface area contributed by atoms with Crippen LogP contribution in [0.4, 0.5) is 0 Å². The van der Waals surface area contributed by atoms with Crippen molar-refractivity contribution in [3.63, 3.8) is 0 Å². The SMILES string of the molecule is COC[C@H]1O[C@@H](O[C@@H]2OC[C@@H]3O[C@@]4(OC[C@@](O)(C(C)OC)[C@@H]5OCO[C@H]54)O[C@H]3[C@H]2OC)[C@@H](OC)[C@@H](O)[C@@H]1O[C@@H]1O[C@H](C)[C@H](OC)[C@H](O[C@@H]2C[C@@]3(C)OC4(C[C@H](O)[C@H](O[C@@H]5C[C@@H](O[C@@H]6C[C@](C)([N+](=O)[O-])[C@@H](OC)[C@H](C)O6)[C@H](OC(=O)c6c(C)c(Cl)c(O)c(Cl)c6OC)[C@@H](C)O5)[C@@H](C)O4)O[C@@H]3[C@@H](C)O2)[C@H]1O. The molecule has 2 spiro atoms. The van der Waals surface area contributed by atoms with Gasteiger partial charge in [0.05, 0.1) is 87.5 Å². The number of aliphatic hydroxyl groups excluding tert-OH is 3. The van der Waals surface area contributed by atoms with Crippen molar-refractivity contribution >= 4 is 29.2 Å². The molecule has 0 bridgehead atoms. The number of esters is 1. The van der Waals surface area contributed by atoms with Gasteiger partial charge in [0.1, 0.15) is 114 Å². The maximum atomic E-state index is 14.3. The number of phenols is 1. The summed E-state index contributed by atoms with van der Waals surface area (Å²) in [4.78, 5) is 26.5. The Morgan fingerprint density at radius 1 is 0.663 bits per heavy atom. The number of aromatic hydroxyl groups is 1. The lowest BCUT2D eigenvalue weighted by atomic mass is 9.85. The summed E-state index contributed by atoms with van der Waals surface area (Å²) in [7, 11) is 9.67. The first-order valence-corrected chi connectivity index (χ1v) is 35.5. The number of phenolic OH excluding ortho intramolecular Hbond substituents is 1. The Balaban J connectivity index is 0.689. The second-order valence-electron chi connectivity index (χ2n) is 28.7. The van der Waals surface area contributed by atoms with Crippen LogP contribution in [0.25, 0.3) is 0 Å². The highest BCUT2D eigenvalue weighted by molar-refractivity contribution is 6.39. The molecule has 35 atom stereocenters. The molecule has 11 heterocycles. The van der Waals surface area contributed by atoms with E-state index in [4.69, 9.17) is 151 Å². The summed E-state index contributed by atoms with van der Waals surface area (Å²) in [6.07, 6.45) is -33.8. The minimum absolute atomic E-state index is 0.0107. The van der Waals surface area contributed by atoms with Gasteiger partial charge in [-0.15, -0.1) is 0 Å². The van der Waals surface area contributed by atoms with E-state index in [1.165, 1.54) is 63.6 Å². The number of aliphatic hydroxyl groups is 4. The Kier molecular flexibility index (Phi) is 24.6. The van der Waals surface area contributed by atoms with Gasteiger partial charge in [-0.2, -0.15) is 0 Å². The molecule has 38 heteroatoms. The molecule has 5 N–H and O–H groups in total. The Morgan fingerprint density at radius 3 is 2.00 bits per heavy atom. The van der Waals surface area contributed by atoms with Gasteiger partial charge in [-0.3, -0.25) is 10.1 Å². The minimum atomic E-state index is -1.86. The van der Waals surface area contributed by atoms with Crippen molar-refractivity contribution in [1.82, 2.24) is 0 Å². The number of nitro groups is 1. The van der Waals surface area contributed by atoms with E-state index in [9.17, 15) is 40.4 Å². The number of ether oxygens (including phenoxy) is 27. The molecule has 36 nitrogen and oxygen atoms in total. The van der Waals surface area contributed by atoms with Gasteiger partial charge >= 0.3 is 11.9 Å². The number of halogens is 2. The molecule has 12 rings (SSSR count). The van der Waals surface area contributed by atoms with E-state index in [2.05, 4.69) is 0 Å². The lowest BCUT2D eigenvalue weighted by Gasteiger charge is -2.49. The number of benzene rings is 1. The predicted octanol–water partition coefficient (Wildman–Crippen LogP) is 1.77. The molecule has 0 radical (unpaired) electrons. The van der Waals surface area contributed by atoms with Gasteiger partial charge < -0.3 is 153 Å². The van der Waals surface area contributed by atoms with Crippen LogP contribution in [-0.2, 0) is 123 Å². The zero-order valence-corrected chi connectivity index (χ0v) is 62.2. The highest BCUT2D eigenvalue weighted by Gasteiger charge is 2.71. The van der Waals surface area contributed by atoms with E-state index in [1.54, 1.807) is 48.5 Å². The molecule has 592 valence electrons. The third-order valence-corrected chi connectivity index (χ3v) is 22.8. The first-order valence-electron chi connectivity index (χ1n) is 34.7. The number of hydrogen-bond donors (Lipinski definition) is 5. The van der Waals surface area contributed by atoms with E-state index >= 15 is 0 Å². The summed E-state index contributed by atoms with van der Waals surface area (Å²) in [5.41, 5.74) is -4.62. The van der Waals surface area contributed by atoms with Gasteiger partial charge in [0.15, 0.2) is 67.6 Å². The molecule has 2 unspecified atom stereocenters. The average molecular weight is 1540 g/mol. The maximum absolute atomic E-state index is 14.3. The molecule has 0 aromatic heterocycles. The summed E-state index contributed by atoms with van der Waals surface area (Å²) in [6, 6.07) is 0. The highest BCUT2D eigenvalue weighted by Crippen LogP contribution is 2.53. The third kappa shape index (κ3) is 14.7. The van der Waals surface area contributed by atoms with E-state index in [-0.39, 0.29) is 79.2 Å². The van der Waals surface area contributed by atoms with Crippen LogP contribution in [0.2, 0.25) is 10.0 Å². The summed E-state index contributed by atoms with van der Waals surface area (Å²) in [5.74, 6) is -5.40. The Bertz CT molecular complexity index is 3140. The van der Waals surface area contributed by atoms with E-state index in [0.717, 1.165) is 0 Å². The van der Waals surface area contributed by atoms with Crippen molar-refractivity contribution < 1.29 is 163 Å². The molecule has 0 saturated carbocycles. The maximum Gasteiger partial charge on any atom is 0.342 e. The number of carbonyl (C=O) groups is 1. The molecule has 1 aromatic carbocycles. The number of rotatable bonds is 22. The van der Waals surface area contributed by atoms with Crippen LogP contribution in [0, 0.1) is 17.0 Å². The van der Waals surface area contributed by atoms with E-state index in [1.807, 2.05) is 0 Å². The lowest BCUT2D eigenvalue weighted by Crippen LogP contribution is -2.69. The van der Waals surface area contributed by atoms with Gasteiger partial charge in [-0.05, 0) is 61.0 Å². The predicted molar refractivity (Wildman–Crippen MR) is 344 cm³/mol. The van der Waals surface area contributed by atoms with Gasteiger partial charge in [0.2, 0.25) is 0 Å². The normalized spacial score (nSPS) is 48.3. The number of nitrogens with zero attached hydrogens (tertiary/aromatic N) is 1. The van der Waals surface area contributed by atoms with Crippen molar-refractivity contribution in [3.8, 4) is 11.5 Å². The molecule has 11 aliphatic rings. The van der Waals surface area contributed by atoms with Gasteiger partial charge in [0.25, 0.3) is 11.5 Å². The summed E-state index contributed by atoms with van der Waals surface area (Å²) < 4.78 is 168. The molecular formula is C66H99Cl2NO35. The zero-order valence-electron chi connectivity index (χ0n) is 60.7. The average Bonchev–Trinajstić information content (AvgIpc) is 1.55. The molecule has 11 aliphatic heterocycles. The molecule has 104 heavy (non-hydrogen) atoms. The standard InChI is InChI=1S/C66H99Cl2NO35/c1-25-39(50(81-13)41(68)42(71)40(25)67)58(74)97-46-26(2)89-36(17-33(46)93-37-19-62(8,69(76)77)54(84-16)29(5)90-37)95-45-28(4)100-65(18-32(45)70)103-55-30(6)91-38(20-63(55,9)104-65)96-51-44(73)59(92-27(3)47(51)80-12)98-48-34(21-78-10)94-61(52(82-14)43(48)72)99-60-53(83-15)49-35(22-85-60)101-66(102-49)57-56(86-24-87-57)64(75,23-88-66)31(7)79-11/h26-38,43-49,51-57,59-61,70-73,75H,17-24H2,1-16H3/t26-,27-,28-,29+,30-,31?,32+,33-,34-,35+,36-,37-,38-,43+,44-,45-,46-,47+,48-,49-,51-,52+,53-,54+,55-,56-,57-,59+,60+,61+,62+,63-,64-,65?,66-/m1/s1. The molecule has 11 saturated heterocycles. The van der Waals surface area contributed by atoms with Crippen LogP contribution in [0.5, 0.6) is 11.5 Å². The fourth-order valence-corrected chi connectivity index (χ4v) is 17.1. The Morgan fingerprint density at radius 2 is 1.34 bits per heavy atom. The first kappa shape index (κ1) is 80.6. The minimum Gasteiger partial charge on any atom is -0.505 e. The topological polar surface area (TPSA) is 411 Å². The fraction of sp³-hybridized carbons (Fsp3) is 0.894. The summed E-state index contributed by atoms with van der Waals surface area (Å²) in [5, 5.41) is 71.1. The number of carbonyl (C=O) groups excluding carboxylic acids is 1. The summed E-state index contributed by atoms with van der Waals surface area (Å²) in [6.45, 7) is 13.9. The zero-order chi connectivity index (χ0) is 75.2. The molecular weight excluding hydrogens is 1440 g/mol. The monoisotopic (exact) mass is 1540 g/mol. The Hall–Kier alpha value is -2.89. The number of hydrogen-bond acceptors (Lipinski definition) is 35. The molecule has 11 fully saturated rings. The van der Waals surface area contributed by atoms with Crippen molar-refractivity contribution in [2.24, 2.45) is 0 Å². The van der Waals surface area contributed by atoms with Crippen molar-refractivity contribution in [2.45, 2.75) is 301 Å². The van der Waals surface area contributed by atoms with Gasteiger partial charge in [-0.25, -0.2) is 4.79 Å². The fourth-order valence-electron chi connectivity index (χ4n) is 16.6. The highest BCUT2D eigenvalue weighted by atomic mass is 35.5. The number of fused-ring (bicyclic) bond motifs is 4. The quantitative estimate of drug-likeness (QED) is 0.0627. The van der Waals surface area contributed by atoms with Crippen LogP contribution in [0.15, 0.2) is 0 Å². The molecule has 1 aromatic rings. The van der Waals surface area contributed by atoms with Gasteiger partial charge in [-0.1, -0.05) is 23.2 Å². The second kappa shape index (κ2) is 31.7. The van der Waals surface area contributed by atoms with Crippen LogP contribution < -0.4 is 4.74 Å². The smallest absolute Gasteiger partial charge is 0.342 e. The van der Waals surface area contributed by atoms with Crippen LogP contribution in [0.3, 0.4) is 0 Å². The van der Waals surface area contributed by atoms with E-state index in [0.29, 0.717) is 0 Å². The van der Waals surface area contributed by atoms with Crippen LogP contribution >= 0.6 is 23.2 Å².